The van der Waals surface area contributed by atoms with Gasteiger partial charge in [0.15, 0.2) is 0 Å². The van der Waals surface area contributed by atoms with Crippen molar-refractivity contribution in [3.63, 3.8) is 0 Å². The number of carbonyl (C=O) groups is 1. The molecule has 10 nitrogen and oxygen atoms in total. The molecule has 0 aliphatic heterocycles. The fourth-order valence-corrected chi connectivity index (χ4v) is 5.10. The zero-order valence-corrected chi connectivity index (χ0v) is 20.9. The van der Waals surface area contributed by atoms with E-state index in [-0.39, 0.29) is 16.5 Å². The van der Waals surface area contributed by atoms with E-state index in [1.807, 2.05) is 0 Å². The number of halogens is 1. The number of nitrogens with zero attached hydrogens (tertiary/aromatic N) is 3. The fourth-order valence-electron chi connectivity index (χ4n) is 3.01. The van der Waals surface area contributed by atoms with Gasteiger partial charge in [-0.3, -0.25) is 9.10 Å². The van der Waals surface area contributed by atoms with Crippen LogP contribution in [0.15, 0.2) is 59.6 Å². The number of aryl methyl sites for hydroxylation is 2. The van der Waals surface area contributed by atoms with Crippen molar-refractivity contribution in [3.8, 4) is 0 Å². The smallest absolute Gasteiger partial charge is 0.264 e. The fraction of sp³-hybridized carbons (Fsp3) is 0.190. The molecule has 2 aromatic carbocycles. The summed E-state index contributed by atoms with van der Waals surface area (Å²) >= 11 is 5.94. The zero-order valence-electron chi connectivity index (χ0n) is 18.5. The lowest BCUT2D eigenvalue weighted by Gasteiger charge is -2.23. The highest BCUT2D eigenvalue weighted by Gasteiger charge is 2.23. The number of carbonyl (C=O) groups excluding carboxylic acids is 1. The maximum atomic E-state index is 12.6. The van der Waals surface area contributed by atoms with Gasteiger partial charge in [0.25, 0.3) is 10.0 Å². The van der Waals surface area contributed by atoms with Crippen molar-refractivity contribution < 1.29 is 21.6 Å². The van der Waals surface area contributed by atoms with Crippen molar-refractivity contribution in [1.29, 1.82) is 0 Å². The Morgan fingerprint density at radius 1 is 1.03 bits per heavy atom. The highest BCUT2D eigenvalue weighted by atomic mass is 35.5. The minimum Gasteiger partial charge on any atom is -0.325 e. The number of anilines is 3. The van der Waals surface area contributed by atoms with E-state index >= 15 is 0 Å². The van der Waals surface area contributed by atoms with Crippen molar-refractivity contribution in [2.75, 3.05) is 27.1 Å². The molecule has 1 heterocycles. The van der Waals surface area contributed by atoms with Gasteiger partial charge in [0.2, 0.25) is 21.9 Å². The number of hydrogen-bond donors (Lipinski definition) is 2. The normalized spacial score (nSPS) is 11.6. The molecule has 0 aliphatic carbocycles. The Morgan fingerprint density at radius 3 is 2.29 bits per heavy atom. The Balaban J connectivity index is 1.73. The molecule has 0 fully saturated rings. The number of nitrogens with one attached hydrogen (secondary N) is 2. The summed E-state index contributed by atoms with van der Waals surface area (Å²) in [5, 5.41) is 3.01. The molecule has 1 amide bonds. The highest BCUT2D eigenvalue weighted by molar-refractivity contribution is 7.92. The van der Waals surface area contributed by atoms with Crippen LogP contribution in [0.2, 0.25) is 5.02 Å². The molecule has 0 aliphatic rings. The molecule has 0 saturated carbocycles. The number of rotatable bonds is 8. The van der Waals surface area contributed by atoms with E-state index in [1.54, 1.807) is 26.0 Å². The third-order valence-corrected chi connectivity index (χ3v) is 7.29. The molecular weight excluding hydrogens is 502 g/mol. The summed E-state index contributed by atoms with van der Waals surface area (Å²) in [6, 6.07) is 11.7. The van der Waals surface area contributed by atoms with Crippen LogP contribution in [0.3, 0.4) is 0 Å². The molecule has 0 atom stereocenters. The minimum absolute atomic E-state index is 0.0595. The second-order valence-corrected chi connectivity index (χ2v) is 11.4. The summed E-state index contributed by atoms with van der Waals surface area (Å²) in [4.78, 5) is 20.4. The number of amides is 1. The lowest BCUT2D eigenvalue weighted by molar-refractivity contribution is -0.114. The van der Waals surface area contributed by atoms with E-state index in [0.29, 0.717) is 22.0 Å². The quantitative estimate of drug-likeness (QED) is 0.462. The standard InChI is InChI=1S/C21H22ClN5O5S2/c1-14-12-16(22)4-9-19(14)27(33(3,29)30)13-20(28)25-17-5-7-18(8-6-17)34(31,32)26-21-23-11-10-15(2)24-21/h4-12H,13H2,1-3H3,(H,25,28)(H,23,24,26). The Morgan fingerprint density at radius 2 is 1.71 bits per heavy atom. The Labute approximate surface area is 203 Å². The molecule has 3 aromatic rings. The topological polar surface area (TPSA) is 138 Å². The lowest BCUT2D eigenvalue weighted by atomic mass is 10.2. The molecule has 1 aromatic heterocycles. The molecular formula is C21H22ClN5O5S2. The number of aromatic nitrogens is 2. The highest BCUT2D eigenvalue weighted by Crippen LogP contribution is 2.25. The average Bonchev–Trinajstić information content (AvgIpc) is 2.72. The van der Waals surface area contributed by atoms with Gasteiger partial charge in [-0.05, 0) is 67.9 Å². The third kappa shape index (κ3) is 6.43. The maximum absolute atomic E-state index is 12.6. The van der Waals surface area contributed by atoms with Crippen molar-refractivity contribution in [2.45, 2.75) is 18.7 Å². The number of hydrogen-bond acceptors (Lipinski definition) is 7. The Hall–Kier alpha value is -3.22. The summed E-state index contributed by atoms with van der Waals surface area (Å²) in [6.07, 6.45) is 2.43. The van der Waals surface area contributed by atoms with Gasteiger partial charge in [-0.2, -0.15) is 0 Å². The third-order valence-electron chi connectivity index (χ3n) is 4.58. The first-order valence-electron chi connectivity index (χ1n) is 9.81. The molecule has 34 heavy (non-hydrogen) atoms. The Bertz CT molecular complexity index is 1430. The predicted molar refractivity (Wildman–Crippen MR) is 131 cm³/mol. The van der Waals surface area contributed by atoms with Crippen LogP contribution in [0.4, 0.5) is 17.3 Å². The van der Waals surface area contributed by atoms with Crippen LogP contribution >= 0.6 is 11.6 Å². The first-order chi connectivity index (χ1) is 15.8. The van der Waals surface area contributed by atoms with Crippen LogP contribution < -0.4 is 14.3 Å². The van der Waals surface area contributed by atoms with Crippen molar-refractivity contribution >= 4 is 54.9 Å². The lowest BCUT2D eigenvalue weighted by Crippen LogP contribution is -2.37. The largest absolute Gasteiger partial charge is 0.325 e. The molecule has 0 spiro atoms. The second kappa shape index (κ2) is 9.95. The minimum atomic E-state index is -3.94. The van der Waals surface area contributed by atoms with Gasteiger partial charge in [0.1, 0.15) is 6.54 Å². The molecule has 180 valence electrons. The van der Waals surface area contributed by atoms with Crippen LogP contribution in [-0.4, -0.2) is 45.5 Å². The van der Waals surface area contributed by atoms with Crippen LogP contribution in [-0.2, 0) is 24.8 Å². The number of sulfonamides is 2. The van der Waals surface area contributed by atoms with Gasteiger partial charge in [-0.25, -0.2) is 31.5 Å². The van der Waals surface area contributed by atoms with Crippen LogP contribution in [0.25, 0.3) is 0 Å². The summed E-state index contributed by atoms with van der Waals surface area (Å²) in [6.45, 7) is 2.91. The van der Waals surface area contributed by atoms with Crippen molar-refractivity contribution in [2.24, 2.45) is 0 Å². The van der Waals surface area contributed by atoms with Gasteiger partial charge in [-0.1, -0.05) is 11.6 Å². The Kier molecular flexibility index (Phi) is 7.44. The summed E-state index contributed by atoms with van der Waals surface area (Å²) < 4.78 is 53.0. The van der Waals surface area contributed by atoms with Crippen LogP contribution in [0.1, 0.15) is 11.3 Å². The molecule has 2 N–H and O–H groups in total. The van der Waals surface area contributed by atoms with E-state index in [0.717, 1.165) is 10.6 Å². The molecule has 3 rings (SSSR count). The van der Waals surface area contributed by atoms with Crippen molar-refractivity contribution in [3.05, 3.63) is 71.0 Å². The average molecular weight is 524 g/mol. The van der Waals surface area contributed by atoms with E-state index in [2.05, 4.69) is 20.0 Å². The van der Waals surface area contributed by atoms with Gasteiger partial charge in [-0.15, -0.1) is 0 Å². The van der Waals surface area contributed by atoms with Gasteiger partial charge < -0.3 is 5.32 Å². The van der Waals surface area contributed by atoms with E-state index < -0.39 is 32.5 Å². The van der Waals surface area contributed by atoms with Crippen LogP contribution in [0, 0.1) is 13.8 Å². The van der Waals surface area contributed by atoms with E-state index in [9.17, 15) is 21.6 Å². The zero-order chi connectivity index (χ0) is 25.1. The van der Waals surface area contributed by atoms with Crippen molar-refractivity contribution in [1.82, 2.24) is 9.97 Å². The monoisotopic (exact) mass is 523 g/mol. The van der Waals surface area contributed by atoms with Gasteiger partial charge in [0.05, 0.1) is 16.8 Å². The first-order valence-corrected chi connectivity index (χ1v) is 13.5. The molecule has 13 heteroatoms. The summed E-state index contributed by atoms with van der Waals surface area (Å²) in [5.74, 6) is -0.669. The van der Waals surface area contributed by atoms with E-state index in [4.69, 9.17) is 11.6 Å². The summed E-state index contributed by atoms with van der Waals surface area (Å²) in [5.41, 5.74) is 1.80. The molecule has 0 saturated heterocycles. The predicted octanol–water partition coefficient (Wildman–Crippen LogP) is 2.95. The van der Waals surface area contributed by atoms with Crippen LogP contribution in [0.5, 0.6) is 0 Å². The second-order valence-electron chi connectivity index (χ2n) is 7.40. The first kappa shape index (κ1) is 25.4. The molecule has 0 bridgehead atoms. The van der Waals surface area contributed by atoms with E-state index in [1.165, 1.54) is 42.6 Å². The maximum Gasteiger partial charge on any atom is 0.264 e. The molecule has 0 unspecified atom stereocenters. The van der Waals surface area contributed by atoms with Gasteiger partial charge >= 0.3 is 0 Å². The van der Waals surface area contributed by atoms with Gasteiger partial charge in [0, 0.05) is 22.6 Å². The SMILES string of the molecule is Cc1ccnc(NS(=O)(=O)c2ccc(NC(=O)CN(c3ccc(Cl)cc3C)S(C)(=O)=O)cc2)n1. The number of benzene rings is 2. The molecule has 0 radical (unpaired) electrons. The summed E-state index contributed by atoms with van der Waals surface area (Å²) in [7, 11) is -7.71.